The van der Waals surface area contributed by atoms with Crippen molar-refractivity contribution in [3.63, 3.8) is 0 Å². The maximum atomic E-state index is 11.8. The number of aryl methyl sites for hydroxylation is 2. The van der Waals surface area contributed by atoms with E-state index < -0.39 is 0 Å². The van der Waals surface area contributed by atoms with Crippen LogP contribution in [0.3, 0.4) is 0 Å². The quantitative estimate of drug-likeness (QED) is 0.856. The summed E-state index contributed by atoms with van der Waals surface area (Å²) >= 11 is 1.57. The standard InChI is InChI=1S/C11H15N5OS/c1-7-8(2)18-11(13-7)3-10(17)6-16-5-9(4-12)14-15-16/h5H,3-4,6,12H2,1-2H3. The number of carbonyl (C=O) groups is 1. The first kappa shape index (κ1) is 12.8. The van der Waals surface area contributed by atoms with Gasteiger partial charge >= 0.3 is 0 Å². The molecule has 0 aliphatic rings. The monoisotopic (exact) mass is 265 g/mol. The molecule has 0 amide bonds. The molecule has 0 saturated carbocycles. The van der Waals surface area contributed by atoms with Gasteiger partial charge in [-0.1, -0.05) is 5.21 Å². The van der Waals surface area contributed by atoms with Crippen molar-refractivity contribution < 1.29 is 4.79 Å². The minimum atomic E-state index is 0.0669. The fraction of sp³-hybridized carbons (Fsp3) is 0.455. The minimum Gasteiger partial charge on any atom is -0.325 e. The number of Topliss-reactive ketones (excluding diaryl/α,β-unsaturated/α-hetero) is 1. The van der Waals surface area contributed by atoms with Crippen molar-refractivity contribution >= 4 is 17.1 Å². The van der Waals surface area contributed by atoms with Crippen LogP contribution in [0.15, 0.2) is 6.20 Å². The van der Waals surface area contributed by atoms with Gasteiger partial charge in [0.25, 0.3) is 0 Å². The molecule has 0 unspecified atom stereocenters. The Labute approximate surface area is 109 Å². The molecule has 96 valence electrons. The lowest BCUT2D eigenvalue weighted by Gasteiger charge is -1.97. The second kappa shape index (κ2) is 5.36. The van der Waals surface area contributed by atoms with Gasteiger partial charge in [-0.2, -0.15) is 0 Å². The number of thiazole rings is 1. The number of carbonyl (C=O) groups excluding carboxylic acids is 1. The molecule has 0 atom stereocenters. The molecule has 18 heavy (non-hydrogen) atoms. The SMILES string of the molecule is Cc1nc(CC(=O)Cn2cc(CN)nn2)sc1C. The Balaban J connectivity index is 1.96. The van der Waals surface area contributed by atoms with Gasteiger partial charge in [0.2, 0.25) is 0 Å². The number of aromatic nitrogens is 4. The Kier molecular flexibility index (Phi) is 3.83. The first-order valence-corrected chi connectivity index (χ1v) is 6.44. The Bertz CT molecular complexity index is 540. The number of nitrogens with zero attached hydrogens (tertiary/aromatic N) is 4. The Hall–Kier alpha value is -1.60. The molecule has 0 radical (unpaired) electrons. The van der Waals surface area contributed by atoms with E-state index in [1.807, 2.05) is 13.8 Å². The number of hydrogen-bond donors (Lipinski definition) is 1. The Morgan fingerprint density at radius 3 is 2.83 bits per heavy atom. The van der Waals surface area contributed by atoms with Crippen LogP contribution in [0.2, 0.25) is 0 Å². The summed E-state index contributed by atoms with van der Waals surface area (Å²) in [5, 5.41) is 8.53. The zero-order valence-electron chi connectivity index (χ0n) is 10.4. The smallest absolute Gasteiger partial charge is 0.161 e. The molecule has 2 rings (SSSR count). The summed E-state index contributed by atoms with van der Waals surface area (Å²) in [6.07, 6.45) is 2.04. The van der Waals surface area contributed by atoms with Crippen LogP contribution >= 0.6 is 11.3 Å². The minimum absolute atomic E-state index is 0.0669. The van der Waals surface area contributed by atoms with Gasteiger partial charge in [-0.25, -0.2) is 9.67 Å². The topological polar surface area (TPSA) is 86.7 Å². The highest BCUT2D eigenvalue weighted by Gasteiger charge is 2.10. The van der Waals surface area contributed by atoms with E-state index in [1.165, 1.54) is 4.68 Å². The molecule has 0 bridgehead atoms. The fourth-order valence-corrected chi connectivity index (χ4v) is 2.49. The van der Waals surface area contributed by atoms with Crippen molar-refractivity contribution in [1.29, 1.82) is 0 Å². The predicted molar refractivity (Wildman–Crippen MR) is 68.2 cm³/mol. The molecule has 0 saturated heterocycles. The lowest BCUT2D eigenvalue weighted by molar-refractivity contribution is -0.119. The lowest BCUT2D eigenvalue weighted by Crippen LogP contribution is -2.13. The summed E-state index contributed by atoms with van der Waals surface area (Å²) in [4.78, 5) is 17.3. The van der Waals surface area contributed by atoms with Gasteiger partial charge in [-0.3, -0.25) is 4.79 Å². The summed E-state index contributed by atoms with van der Waals surface area (Å²) < 4.78 is 1.51. The van der Waals surface area contributed by atoms with Crippen LogP contribution < -0.4 is 5.73 Å². The van der Waals surface area contributed by atoms with Crippen LogP contribution in [0.4, 0.5) is 0 Å². The van der Waals surface area contributed by atoms with E-state index in [4.69, 9.17) is 5.73 Å². The van der Waals surface area contributed by atoms with Gasteiger partial charge in [-0.15, -0.1) is 16.4 Å². The molecular formula is C11H15N5OS. The molecule has 2 aromatic heterocycles. The number of ketones is 1. The maximum absolute atomic E-state index is 11.8. The van der Waals surface area contributed by atoms with E-state index in [0.717, 1.165) is 15.6 Å². The molecule has 2 aromatic rings. The highest BCUT2D eigenvalue weighted by molar-refractivity contribution is 7.11. The summed E-state index contributed by atoms with van der Waals surface area (Å²) in [7, 11) is 0. The fourth-order valence-electron chi connectivity index (χ4n) is 1.53. The summed E-state index contributed by atoms with van der Waals surface area (Å²) in [6, 6.07) is 0. The first-order valence-electron chi connectivity index (χ1n) is 5.62. The summed E-state index contributed by atoms with van der Waals surface area (Å²) in [6.45, 7) is 4.50. The number of nitrogens with two attached hydrogens (primary N) is 1. The Morgan fingerprint density at radius 2 is 2.28 bits per heavy atom. The van der Waals surface area contributed by atoms with Crippen molar-refractivity contribution in [2.24, 2.45) is 5.73 Å². The van der Waals surface area contributed by atoms with Gasteiger partial charge in [0.1, 0.15) is 11.6 Å². The molecule has 0 spiro atoms. The van der Waals surface area contributed by atoms with Crippen LogP contribution in [0.1, 0.15) is 21.3 Å². The van der Waals surface area contributed by atoms with Gasteiger partial charge in [0.05, 0.1) is 24.0 Å². The molecule has 2 heterocycles. The molecule has 0 aliphatic carbocycles. The van der Waals surface area contributed by atoms with E-state index in [2.05, 4.69) is 15.3 Å². The molecule has 0 aliphatic heterocycles. The van der Waals surface area contributed by atoms with Gasteiger partial charge in [0.15, 0.2) is 5.78 Å². The van der Waals surface area contributed by atoms with Crippen LogP contribution in [-0.2, 0) is 24.3 Å². The van der Waals surface area contributed by atoms with E-state index in [0.29, 0.717) is 18.7 Å². The summed E-state index contributed by atoms with van der Waals surface area (Å²) in [5.74, 6) is 0.0669. The number of hydrogen-bond acceptors (Lipinski definition) is 6. The van der Waals surface area contributed by atoms with Crippen molar-refractivity contribution in [2.45, 2.75) is 33.4 Å². The van der Waals surface area contributed by atoms with Crippen molar-refractivity contribution in [3.05, 3.63) is 27.5 Å². The highest BCUT2D eigenvalue weighted by atomic mass is 32.1. The van der Waals surface area contributed by atoms with Crippen LogP contribution in [0, 0.1) is 13.8 Å². The molecule has 0 aromatic carbocycles. The molecular weight excluding hydrogens is 250 g/mol. The van der Waals surface area contributed by atoms with Crippen LogP contribution in [0.25, 0.3) is 0 Å². The van der Waals surface area contributed by atoms with Gasteiger partial charge in [0, 0.05) is 11.4 Å². The zero-order valence-corrected chi connectivity index (χ0v) is 11.2. The van der Waals surface area contributed by atoms with Crippen LogP contribution in [0.5, 0.6) is 0 Å². The predicted octanol–water partition coefficient (Wildman–Crippen LogP) is 0.622. The molecule has 0 fully saturated rings. The normalized spacial score (nSPS) is 10.8. The Morgan fingerprint density at radius 1 is 1.50 bits per heavy atom. The van der Waals surface area contributed by atoms with Crippen molar-refractivity contribution in [2.75, 3.05) is 0 Å². The highest BCUT2D eigenvalue weighted by Crippen LogP contribution is 2.17. The van der Waals surface area contributed by atoms with Crippen molar-refractivity contribution in [3.8, 4) is 0 Å². The first-order chi connectivity index (χ1) is 8.58. The third-order valence-electron chi connectivity index (χ3n) is 2.55. The second-order valence-electron chi connectivity index (χ2n) is 4.08. The molecule has 2 N–H and O–H groups in total. The number of rotatable bonds is 5. The van der Waals surface area contributed by atoms with E-state index in [1.54, 1.807) is 17.5 Å². The second-order valence-corrected chi connectivity index (χ2v) is 5.36. The third-order valence-corrected chi connectivity index (χ3v) is 3.63. The largest absolute Gasteiger partial charge is 0.325 e. The molecule has 7 heteroatoms. The van der Waals surface area contributed by atoms with Crippen molar-refractivity contribution in [1.82, 2.24) is 20.0 Å². The van der Waals surface area contributed by atoms with E-state index in [-0.39, 0.29) is 12.3 Å². The maximum Gasteiger partial charge on any atom is 0.161 e. The third kappa shape index (κ3) is 2.99. The van der Waals surface area contributed by atoms with E-state index in [9.17, 15) is 4.79 Å². The van der Waals surface area contributed by atoms with Gasteiger partial charge < -0.3 is 5.73 Å². The lowest BCUT2D eigenvalue weighted by atomic mass is 10.3. The molecule has 6 nitrogen and oxygen atoms in total. The van der Waals surface area contributed by atoms with Crippen LogP contribution in [-0.4, -0.2) is 25.8 Å². The average Bonchev–Trinajstić information content (AvgIpc) is 2.87. The van der Waals surface area contributed by atoms with E-state index >= 15 is 0 Å². The average molecular weight is 265 g/mol. The summed E-state index contributed by atoms with van der Waals surface area (Å²) in [5.41, 5.74) is 7.11. The van der Waals surface area contributed by atoms with Gasteiger partial charge in [-0.05, 0) is 13.8 Å². The zero-order chi connectivity index (χ0) is 13.1.